The maximum atomic E-state index is 10.4. The molecule has 0 aromatic rings. The molecule has 62 valence electrons. The molecule has 3 nitrogen and oxygen atoms in total. The molecule has 0 saturated heterocycles. The van der Waals surface area contributed by atoms with Crippen LogP contribution in [0.5, 0.6) is 0 Å². The van der Waals surface area contributed by atoms with Gasteiger partial charge in [0.2, 0.25) is 5.76 Å². The van der Waals surface area contributed by atoms with Crippen LogP contribution < -0.4 is 0 Å². The van der Waals surface area contributed by atoms with Gasteiger partial charge in [0, 0.05) is 0 Å². The van der Waals surface area contributed by atoms with Gasteiger partial charge in [-0.1, -0.05) is 13.8 Å². The van der Waals surface area contributed by atoms with E-state index in [1.54, 1.807) is 6.08 Å². The average molecular weight is 156 g/mol. The summed E-state index contributed by atoms with van der Waals surface area (Å²) in [6, 6.07) is 0. The van der Waals surface area contributed by atoms with Gasteiger partial charge in [0.15, 0.2) is 0 Å². The number of carbonyl (C=O) groups is 1. The van der Waals surface area contributed by atoms with E-state index in [1.165, 1.54) is 0 Å². The summed E-state index contributed by atoms with van der Waals surface area (Å²) < 4.78 is 4.94. The van der Waals surface area contributed by atoms with Crippen molar-refractivity contribution in [1.29, 1.82) is 0 Å². The maximum Gasteiger partial charge on any atom is 0.370 e. The van der Waals surface area contributed by atoms with Crippen LogP contribution in [0.3, 0.4) is 0 Å². The SMILES string of the molecule is CC1(C)C=C(C(=O)O)OCC1. The van der Waals surface area contributed by atoms with Crippen LogP contribution in [0.4, 0.5) is 0 Å². The Kier molecular flexibility index (Phi) is 1.89. The van der Waals surface area contributed by atoms with Crippen LogP contribution in [0.2, 0.25) is 0 Å². The van der Waals surface area contributed by atoms with Gasteiger partial charge in [0.1, 0.15) is 0 Å². The summed E-state index contributed by atoms with van der Waals surface area (Å²) in [5.41, 5.74) is -0.0357. The highest BCUT2D eigenvalue weighted by atomic mass is 16.5. The van der Waals surface area contributed by atoms with Crippen LogP contribution in [0, 0.1) is 5.41 Å². The van der Waals surface area contributed by atoms with E-state index in [4.69, 9.17) is 9.84 Å². The Labute approximate surface area is 65.7 Å². The molecule has 0 unspecified atom stereocenters. The molecule has 1 aliphatic heterocycles. The molecule has 0 atom stereocenters. The fourth-order valence-corrected chi connectivity index (χ4v) is 1.02. The van der Waals surface area contributed by atoms with E-state index in [0.29, 0.717) is 6.61 Å². The van der Waals surface area contributed by atoms with Gasteiger partial charge in [-0.05, 0) is 17.9 Å². The summed E-state index contributed by atoms with van der Waals surface area (Å²) in [7, 11) is 0. The summed E-state index contributed by atoms with van der Waals surface area (Å²) in [6.45, 7) is 4.50. The van der Waals surface area contributed by atoms with Gasteiger partial charge < -0.3 is 9.84 Å². The van der Waals surface area contributed by atoms with E-state index in [9.17, 15) is 4.79 Å². The lowest BCUT2D eigenvalue weighted by atomic mass is 9.87. The fourth-order valence-electron chi connectivity index (χ4n) is 1.02. The monoisotopic (exact) mass is 156 g/mol. The van der Waals surface area contributed by atoms with Crippen LogP contribution >= 0.6 is 0 Å². The molecule has 1 N–H and O–H groups in total. The minimum Gasteiger partial charge on any atom is -0.487 e. The lowest BCUT2D eigenvalue weighted by molar-refractivity contribution is -0.137. The zero-order chi connectivity index (χ0) is 8.48. The fraction of sp³-hybridized carbons (Fsp3) is 0.625. The molecule has 0 aromatic heterocycles. The summed E-state index contributed by atoms with van der Waals surface area (Å²) in [5.74, 6) is -0.890. The number of rotatable bonds is 1. The van der Waals surface area contributed by atoms with E-state index >= 15 is 0 Å². The van der Waals surface area contributed by atoms with E-state index in [0.717, 1.165) is 6.42 Å². The molecule has 3 heteroatoms. The Morgan fingerprint density at radius 3 is 2.73 bits per heavy atom. The van der Waals surface area contributed by atoms with E-state index in [2.05, 4.69) is 0 Å². The number of ether oxygens (including phenoxy) is 1. The largest absolute Gasteiger partial charge is 0.487 e. The number of aliphatic carboxylic acids is 1. The molecule has 1 rings (SSSR count). The third-order valence-electron chi connectivity index (χ3n) is 1.74. The lowest BCUT2D eigenvalue weighted by Gasteiger charge is -2.25. The zero-order valence-electron chi connectivity index (χ0n) is 6.76. The third-order valence-corrected chi connectivity index (χ3v) is 1.74. The zero-order valence-corrected chi connectivity index (χ0v) is 6.76. The first-order valence-corrected chi connectivity index (χ1v) is 3.60. The van der Waals surface area contributed by atoms with E-state index in [-0.39, 0.29) is 11.2 Å². The van der Waals surface area contributed by atoms with Crippen molar-refractivity contribution in [3.8, 4) is 0 Å². The van der Waals surface area contributed by atoms with Crippen LogP contribution in [-0.4, -0.2) is 17.7 Å². The van der Waals surface area contributed by atoms with Crippen LogP contribution in [0.1, 0.15) is 20.3 Å². The van der Waals surface area contributed by atoms with E-state index in [1.807, 2.05) is 13.8 Å². The van der Waals surface area contributed by atoms with Gasteiger partial charge in [-0.25, -0.2) is 4.79 Å². The number of hydrogen-bond donors (Lipinski definition) is 1. The summed E-state index contributed by atoms with van der Waals surface area (Å²) in [5, 5.41) is 8.58. The van der Waals surface area contributed by atoms with Gasteiger partial charge in [0.05, 0.1) is 6.61 Å². The van der Waals surface area contributed by atoms with E-state index < -0.39 is 5.97 Å². The Hall–Kier alpha value is -0.990. The molecule has 0 fully saturated rings. The van der Waals surface area contributed by atoms with Gasteiger partial charge in [-0.15, -0.1) is 0 Å². The predicted octanol–water partition coefficient (Wildman–Crippen LogP) is 1.40. The molecule has 0 aromatic carbocycles. The molecule has 0 amide bonds. The van der Waals surface area contributed by atoms with Crippen molar-refractivity contribution in [2.45, 2.75) is 20.3 Å². The molecule has 0 spiro atoms. The topological polar surface area (TPSA) is 46.5 Å². The Morgan fingerprint density at radius 2 is 2.36 bits per heavy atom. The van der Waals surface area contributed by atoms with Crippen LogP contribution in [0.15, 0.2) is 11.8 Å². The number of allylic oxidation sites excluding steroid dienone is 1. The molecular weight excluding hydrogens is 144 g/mol. The Balaban J connectivity index is 2.81. The predicted molar refractivity (Wildman–Crippen MR) is 40.1 cm³/mol. The number of carboxylic acids is 1. The molecule has 0 radical (unpaired) electrons. The van der Waals surface area contributed by atoms with Crippen molar-refractivity contribution in [3.05, 3.63) is 11.8 Å². The Bertz CT molecular complexity index is 203. The van der Waals surface area contributed by atoms with Gasteiger partial charge in [0.25, 0.3) is 0 Å². The molecular formula is C8H12O3. The molecule has 1 aliphatic rings. The second kappa shape index (κ2) is 2.57. The normalized spacial score (nSPS) is 21.8. The first kappa shape index (κ1) is 8.11. The molecule has 0 saturated carbocycles. The molecule has 1 heterocycles. The third kappa shape index (κ3) is 1.97. The Morgan fingerprint density at radius 1 is 1.73 bits per heavy atom. The van der Waals surface area contributed by atoms with Crippen molar-refractivity contribution >= 4 is 5.97 Å². The first-order chi connectivity index (χ1) is 5.01. The van der Waals surface area contributed by atoms with Crippen molar-refractivity contribution < 1.29 is 14.6 Å². The quantitative estimate of drug-likeness (QED) is 0.624. The minimum atomic E-state index is -0.974. The molecule has 0 aliphatic carbocycles. The van der Waals surface area contributed by atoms with Crippen molar-refractivity contribution in [2.24, 2.45) is 5.41 Å². The van der Waals surface area contributed by atoms with Crippen molar-refractivity contribution in [1.82, 2.24) is 0 Å². The second-order valence-corrected chi connectivity index (χ2v) is 3.40. The highest BCUT2D eigenvalue weighted by Crippen LogP contribution is 2.28. The van der Waals surface area contributed by atoms with Gasteiger partial charge in [-0.2, -0.15) is 0 Å². The van der Waals surface area contributed by atoms with Crippen molar-refractivity contribution in [3.63, 3.8) is 0 Å². The first-order valence-electron chi connectivity index (χ1n) is 3.60. The summed E-state index contributed by atoms with van der Waals surface area (Å²) in [4.78, 5) is 10.4. The van der Waals surface area contributed by atoms with Gasteiger partial charge >= 0.3 is 5.97 Å². The average Bonchev–Trinajstić information content (AvgIpc) is 1.85. The van der Waals surface area contributed by atoms with Crippen LogP contribution in [0.25, 0.3) is 0 Å². The van der Waals surface area contributed by atoms with Crippen molar-refractivity contribution in [2.75, 3.05) is 6.61 Å². The molecule has 0 bridgehead atoms. The number of carboxylic acid groups (broad SMARTS) is 1. The second-order valence-electron chi connectivity index (χ2n) is 3.40. The van der Waals surface area contributed by atoms with Crippen LogP contribution in [-0.2, 0) is 9.53 Å². The summed E-state index contributed by atoms with van der Waals surface area (Å²) >= 11 is 0. The molecule has 11 heavy (non-hydrogen) atoms. The summed E-state index contributed by atoms with van der Waals surface area (Å²) in [6.07, 6.45) is 2.54. The lowest BCUT2D eigenvalue weighted by Crippen LogP contribution is -2.21. The highest BCUT2D eigenvalue weighted by Gasteiger charge is 2.24. The number of hydrogen-bond acceptors (Lipinski definition) is 2. The smallest absolute Gasteiger partial charge is 0.370 e. The minimum absolute atomic E-state index is 0.0357. The standard InChI is InChI=1S/C8H12O3/c1-8(2)3-4-11-6(5-8)7(9)10/h5H,3-4H2,1-2H3,(H,9,10). The maximum absolute atomic E-state index is 10.4. The highest BCUT2D eigenvalue weighted by molar-refractivity contribution is 5.84. The van der Waals surface area contributed by atoms with Gasteiger partial charge in [-0.3, -0.25) is 0 Å².